The van der Waals surface area contributed by atoms with Crippen LogP contribution in [0.4, 0.5) is 11.5 Å². The molecule has 0 aliphatic carbocycles. The Labute approximate surface area is 113 Å². The number of nitrogen functional groups attached to an aromatic ring is 1. The molecule has 0 fully saturated rings. The molecule has 19 heavy (non-hydrogen) atoms. The predicted octanol–water partition coefficient (Wildman–Crippen LogP) is 2.75. The van der Waals surface area contributed by atoms with Gasteiger partial charge in [0.25, 0.3) is 0 Å². The van der Waals surface area contributed by atoms with Crippen molar-refractivity contribution in [3.05, 3.63) is 53.2 Å². The fourth-order valence-electron chi connectivity index (χ4n) is 2.06. The van der Waals surface area contributed by atoms with Crippen LogP contribution in [0.1, 0.15) is 16.8 Å². The van der Waals surface area contributed by atoms with Crippen LogP contribution in [0.2, 0.25) is 0 Å². The minimum Gasteiger partial charge on any atom is -0.384 e. The lowest BCUT2D eigenvalue weighted by Gasteiger charge is -2.23. The Kier molecular flexibility index (Phi) is 3.51. The molecule has 1 heterocycles. The molecule has 0 aliphatic heterocycles. The highest BCUT2D eigenvalue weighted by atomic mass is 15.2. The Morgan fingerprint density at radius 3 is 2.47 bits per heavy atom. The summed E-state index contributed by atoms with van der Waals surface area (Å²) in [5, 5.41) is 7.67. The molecule has 3 N–H and O–H groups in total. The highest BCUT2D eigenvalue weighted by Crippen LogP contribution is 2.27. The van der Waals surface area contributed by atoms with E-state index in [-0.39, 0.29) is 5.84 Å². The number of nitrogens with one attached hydrogen (secondary N) is 1. The van der Waals surface area contributed by atoms with E-state index in [4.69, 9.17) is 11.1 Å². The summed E-state index contributed by atoms with van der Waals surface area (Å²) in [6, 6.07) is 11.8. The third kappa shape index (κ3) is 2.57. The molecule has 0 saturated carbocycles. The quantitative estimate of drug-likeness (QED) is 0.654. The van der Waals surface area contributed by atoms with Gasteiger partial charge in [-0.05, 0) is 37.6 Å². The van der Waals surface area contributed by atoms with Crippen molar-refractivity contribution in [3.63, 3.8) is 0 Å². The van der Waals surface area contributed by atoms with Crippen LogP contribution in [0.3, 0.4) is 0 Å². The molecule has 0 saturated heterocycles. The number of hydrogen-bond donors (Lipinski definition) is 2. The zero-order valence-corrected chi connectivity index (χ0v) is 11.4. The first-order valence-electron chi connectivity index (χ1n) is 6.12. The average Bonchev–Trinajstić information content (AvgIpc) is 2.38. The molecule has 4 heteroatoms. The van der Waals surface area contributed by atoms with E-state index in [1.54, 1.807) is 0 Å². The van der Waals surface area contributed by atoms with Gasteiger partial charge in [-0.1, -0.05) is 18.2 Å². The zero-order valence-electron chi connectivity index (χ0n) is 11.4. The van der Waals surface area contributed by atoms with Crippen molar-refractivity contribution in [1.82, 2.24) is 4.98 Å². The number of pyridine rings is 1. The molecule has 0 aliphatic rings. The first-order valence-corrected chi connectivity index (χ1v) is 6.12. The third-order valence-corrected chi connectivity index (χ3v) is 3.10. The number of aryl methyl sites for hydroxylation is 2. The van der Waals surface area contributed by atoms with E-state index in [9.17, 15) is 0 Å². The summed E-state index contributed by atoms with van der Waals surface area (Å²) in [5.74, 6) is 0.740. The van der Waals surface area contributed by atoms with Crippen molar-refractivity contribution in [2.75, 3.05) is 11.9 Å². The first kappa shape index (κ1) is 13.1. The first-order chi connectivity index (χ1) is 9.00. The van der Waals surface area contributed by atoms with Crippen LogP contribution >= 0.6 is 0 Å². The Balaban J connectivity index is 2.55. The van der Waals surface area contributed by atoms with E-state index in [1.165, 1.54) is 0 Å². The Hall–Kier alpha value is -2.36. The van der Waals surface area contributed by atoms with Crippen molar-refractivity contribution in [3.8, 4) is 0 Å². The molecule has 0 radical (unpaired) electrons. The lowest BCUT2D eigenvalue weighted by atomic mass is 10.1. The Bertz CT molecular complexity index is 619. The van der Waals surface area contributed by atoms with Gasteiger partial charge < -0.3 is 10.6 Å². The number of amidine groups is 1. The smallest absolute Gasteiger partial charge is 0.144 e. The number of anilines is 2. The maximum absolute atomic E-state index is 7.67. The van der Waals surface area contributed by atoms with Crippen molar-refractivity contribution in [2.45, 2.75) is 13.8 Å². The molecular weight excluding hydrogens is 236 g/mol. The number of hydrogen-bond acceptors (Lipinski definition) is 3. The van der Waals surface area contributed by atoms with Crippen LogP contribution < -0.4 is 10.6 Å². The van der Waals surface area contributed by atoms with E-state index >= 15 is 0 Å². The number of nitrogens with two attached hydrogens (primary N) is 1. The molecule has 1 aromatic heterocycles. The standard InChI is InChI=1S/C15H18N4/c1-10-6-4-5-7-13(10)19(3)15-12(14(16)17)9-8-11(2)18-15/h4-9H,1-3H3,(H3,16,17). The molecule has 4 nitrogen and oxygen atoms in total. The van der Waals surface area contributed by atoms with E-state index < -0.39 is 0 Å². The van der Waals surface area contributed by atoms with Crippen LogP contribution in [0.25, 0.3) is 0 Å². The van der Waals surface area contributed by atoms with Gasteiger partial charge in [-0.25, -0.2) is 4.98 Å². The molecular formula is C15H18N4. The number of rotatable bonds is 3. The average molecular weight is 254 g/mol. The zero-order chi connectivity index (χ0) is 14.0. The predicted molar refractivity (Wildman–Crippen MR) is 79.2 cm³/mol. The number of para-hydroxylation sites is 1. The second-order valence-corrected chi connectivity index (χ2v) is 4.58. The molecule has 0 atom stereocenters. The van der Waals surface area contributed by atoms with Gasteiger partial charge in [0.05, 0.1) is 5.56 Å². The van der Waals surface area contributed by atoms with Crippen LogP contribution in [0.5, 0.6) is 0 Å². The van der Waals surface area contributed by atoms with Crippen LogP contribution in [-0.4, -0.2) is 17.9 Å². The van der Waals surface area contributed by atoms with Gasteiger partial charge in [-0.2, -0.15) is 0 Å². The largest absolute Gasteiger partial charge is 0.384 e. The summed E-state index contributed by atoms with van der Waals surface area (Å²) >= 11 is 0. The Morgan fingerprint density at radius 2 is 1.84 bits per heavy atom. The maximum atomic E-state index is 7.67. The summed E-state index contributed by atoms with van der Waals surface area (Å²) in [6.07, 6.45) is 0. The van der Waals surface area contributed by atoms with E-state index in [0.29, 0.717) is 11.4 Å². The monoisotopic (exact) mass is 254 g/mol. The fourth-order valence-corrected chi connectivity index (χ4v) is 2.06. The summed E-state index contributed by atoms with van der Waals surface area (Å²) in [5.41, 5.74) is 9.40. The lowest BCUT2D eigenvalue weighted by molar-refractivity contribution is 1.07. The van der Waals surface area contributed by atoms with Crippen LogP contribution in [0.15, 0.2) is 36.4 Å². The van der Waals surface area contributed by atoms with Crippen molar-refractivity contribution in [2.24, 2.45) is 5.73 Å². The van der Waals surface area contributed by atoms with Crippen molar-refractivity contribution in [1.29, 1.82) is 5.41 Å². The number of benzene rings is 1. The Morgan fingerprint density at radius 1 is 1.16 bits per heavy atom. The van der Waals surface area contributed by atoms with Gasteiger partial charge in [-0.3, -0.25) is 5.41 Å². The van der Waals surface area contributed by atoms with Gasteiger partial charge in [0.15, 0.2) is 0 Å². The summed E-state index contributed by atoms with van der Waals surface area (Å²) in [4.78, 5) is 6.49. The van der Waals surface area contributed by atoms with E-state index in [2.05, 4.69) is 18.0 Å². The normalized spacial score (nSPS) is 10.3. The second-order valence-electron chi connectivity index (χ2n) is 4.58. The molecule has 2 rings (SSSR count). The van der Waals surface area contributed by atoms with Crippen LogP contribution in [-0.2, 0) is 0 Å². The minimum atomic E-state index is 0.0305. The summed E-state index contributed by atoms with van der Waals surface area (Å²) in [7, 11) is 1.94. The highest BCUT2D eigenvalue weighted by molar-refractivity contribution is 6.00. The lowest BCUT2D eigenvalue weighted by Crippen LogP contribution is -2.20. The SMILES string of the molecule is Cc1ccc(C(=N)N)c(N(C)c2ccccc2C)n1. The van der Waals surface area contributed by atoms with Gasteiger partial charge in [0.1, 0.15) is 11.7 Å². The van der Waals surface area contributed by atoms with Gasteiger partial charge in [0.2, 0.25) is 0 Å². The van der Waals surface area contributed by atoms with Crippen LogP contribution in [0, 0.1) is 19.3 Å². The van der Waals surface area contributed by atoms with E-state index in [0.717, 1.165) is 16.9 Å². The molecule has 98 valence electrons. The van der Waals surface area contributed by atoms with Crippen molar-refractivity contribution < 1.29 is 0 Å². The molecule has 1 aromatic carbocycles. The maximum Gasteiger partial charge on any atom is 0.144 e. The molecule has 0 spiro atoms. The fraction of sp³-hybridized carbons (Fsp3) is 0.200. The van der Waals surface area contributed by atoms with Gasteiger partial charge in [-0.15, -0.1) is 0 Å². The topological polar surface area (TPSA) is 66.0 Å². The number of nitrogens with zero attached hydrogens (tertiary/aromatic N) is 2. The third-order valence-electron chi connectivity index (χ3n) is 3.10. The minimum absolute atomic E-state index is 0.0305. The molecule has 0 unspecified atom stereocenters. The van der Waals surface area contributed by atoms with Gasteiger partial charge >= 0.3 is 0 Å². The van der Waals surface area contributed by atoms with E-state index in [1.807, 2.05) is 49.2 Å². The van der Waals surface area contributed by atoms with Crippen molar-refractivity contribution >= 4 is 17.3 Å². The molecule has 0 bridgehead atoms. The van der Waals surface area contributed by atoms with Gasteiger partial charge in [0, 0.05) is 18.4 Å². The summed E-state index contributed by atoms with van der Waals surface area (Å²) in [6.45, 7) is 3.98. The second kappa shape index (κ2) is 5.10. The highest BCUT2D eigenvalue weighted by Gasteiger charge is 2.14. The molecule has 0 amide bonds. The molecule has 2 aromatic rings. The number of aromatic nitrogens is 1. The summed E-state index contributed by atoms with van der Waals surface area (Å²) < 4.78 is 0.